The lowest BCUT2D eigenvalue weighted by molar-refractivity contribution is -0.143. The third-order valence-corrected chi connectivity index (χ3v) is 4.50. The van der Waals surface area contributed by atoms with Gasteiger partial charge in [-0.25, -0.2) is 0 Å². The summed E-state index contributed by atoms with van der Waals surface area (Å²) in [6.07, 6.45) is 2.89. The highest BCUT2D eigenvalue weighted by Gasteiger charge is 2.37. The number of aryl methyl sites for hydroxylation is 1. The van der Waals surface area contributed by atoms with Crippen LogP contribution < -0.4 is 5.32 Å². The number of rotatable bonds is 5. The summed E-state index contributed by atoms with van der Waals surface area (Å²) in [7, 11) is 0. The number of carbonyl (C=O) groups is 1. The maximum atomic E-state index is 13.0. The molecule has 0 aliphatic carbocycles. The molecule has 1 fully saturated rings. The maximum absolute atomic E-state index is 13.0. The predicted octanol–water partition coefficient (Wildman–Crippen LogP) is 3.12. The predicted molar refractivity (Wildman–Crippen MR) is 87.1 cm³/mol. The van der Waals surface area contributed by atoms with Crippen molar-refractivity contribution in [3.63, 3.8) is 0 Å². The Labute approximate surface area is 128 Å². The Morgan fingerprint density at radius 2 is 1.86 bits per heavy atom. The van der Waals surface area contributed by atoms with E-state index in [1.54, 1.807) is 0 Å². The van der Waals surface area contributed by atoms with Crippen LogP contribution in [-0.4, -0.2) is 30.4 Å². The molecular formula is C18H28N2O. The summed E-state index contributed by atoms with van der Waals surface area (Å²) in [5.74, 6) is 0.325. The maximum Gasteiger partial charge on any atom is 0.228 e. The number of nitrogens with zero attached hydrogens (tertiary/aromatic N) is 1. The molecule has 21 heavy (non-hydrogen) atoms. The molecular weight excluding hydrogens is 260 g/mol. The summed E-state index contributed by atoms with van der Waals surface area (Å²) < 4.78 is 0. The van der Waals surface area contributed by atoms with Gasteiger partial charge in [0, 0.05) is 18.5 Å². The van der Waals surface area contributed by atoms with Gasteiger partial charge in [-0.1, -0.05) is 43.7 Å². The van der Waals surface area contributed by atoms with E-state index >= 15 is 0 Å². The van der Waals surface area contributed by atoms with E-state index < -0.39 is 0 Å². The standard InChI is InChI=1S/C18H28N2O/c1-4-13-20(14-16-7-5-15(2)6-8-16)17(21)18(3)9-11-19-12-10-18/h5-8,19H,4,9-14H2,1-3H3. The lowest BCUT2D eigenvalue weighted by Gasteiger charge is -2.37. The van der Waals surface area contributed by atoms with Crippen molar-refractivity contribution >= 4 is 5.91 Å². The van der Waals surface area contributed by atoms with Gasteiger partial charge in [-0.2, -0.15) is 0 Å². The van der Waals surface area contributed by atoms with Gasteiger partial charge in [-0.15, -0.1) is 0 Å². The quantitative estimate of drug-likeness (QED) is 0.903. The number of benzene rings is 1. The van der Waals surface area contributed by atoms with Gasteiger partial charge in [-0.05, 0) is 44.8 Å². The minimum absolute atomic E-state index is 0.189. The summed E-state index contributed by atoms with van der Waals surface area (Å²) >= 11 is 0. The number of piperidine rings is 1. The second-order valence-electron chi connectivity index (χ2n) is 6.52. The normalized spacial score (nSPS) is 17.5. The third-order valence-electron chi connectivity index (χ3n) is 4.50. The van der Waals surface area contributed by atoms with Crippen LogP contribution in [0.5, 0.6) is 0 Å². The van der Waals surface area contributed by atoms with Crippen molar-refractivity contribution in [2.75, 3.05) is 19.6 Å². The van der Waals surface area contributed by atoms with E-state index in [-0.39, 0.29) is 5.41 Å². The fraction of sp³-hybridized carbons (Fsp3) is 0.611. The molecule has 1 aromatic rings. The van der Waals surface area contributed by atoms with Crippen LogP contribution in [0.4, 0.5) is 0 Å². The van der Waals surface area contributed by atoms with Crippen molar-refractivity contribution in [2.45, 2.75) is 46.6 Å². The summed E-state index contributed by atoms with van der Waals surface area (Å²) in [5, 5.41) is 3.35. The van der Waals surface area contributed by atoms with E-state index in [1.165, 1.54) is 11.1 Å². The van der Waals surface area contributed by atoms with E-state index in [2.05, 4.69) is 55.3 Å². The van der Waals surface area contributed by atoms with E-state index in [0.717, 1.165) is 45.4 Å². The molecule has 0 aromatic heterocycles. The van der Waals surface area contributed by atoms with E-state index in [1.807, 2.05) is 0 Å². The number of hydrogen-bond acceptors (Lipinski definition) is 2. The Balaban J connectivity index is 2.10. The Hall–Kier alpha value is -1.35. The molecule has 0 radical (unpaired) electrons. The molecule has 1 aromatic carbocycles. The fourth-order valence-electron chi connectivity index (χ4n) is 3.01. The third kappa shape index (κ3) is 4.07. The van der Waals surface area contributed by atoms with Gasteiger partial charge >= 0.3 is 0 Å². The highest BCUT2D eigenvalue weighted by Crippen LogP contribution is 2.31. The topological polar surface area (TPSA) is 32.3 Å². The zero-order valence-corrected chi connectivity index (χ0v) is 13.6. The number of nitrogens with one attached hydrogen (secondary N) is 1. The first kappa shape index (κ1) is 16.0. The molecule has 116 valence electrons. The highest BCUT2D eigenvalue weighted by molar-refractivity contribution is 5.82. The molecule has 0 spiro atoms. The molecule has 1 aliphatic rings. The van der Waals surface area contributed by atoms with Crippen molar-refractivity contribution in [2.24, 2.45) is 5.41 Å². The SMILES string of the molecule is CCCN(Cc1ccc(C)cc1)C(=O)C1(C)CCNCC1. The first-order valence-electron chi connectivity index (χ1n) is 8.11. The molecule has 1 N–H and O–H groups in total. The summed E-state index contributed by atoms with van der Waals surface area (Å²) in [5.41, 5.74) is 2.29. The Morgan fingerprint density at radius 1 is 1.24 bits per heavy atom. The minimum Gasteiger partial charge on any atom is -0.338 e. The van der Waals surface area contributed by atoms with Gasteiger partial charge in [0.15, 0.2) is 0 Å². The van der Waals surface area contributed by atoms with Crippen LogP contribution in [0.1, 0.15) is 44.2 Å². The van der Waals surface area contributed by atoms with Gasteiger partial charge in [0.1, 0.15) is 0 Å². The lowest BCUT2D eigenvalue weighted by Crippen LogP contribution is -2.47. The second-order valence-corrected chi connectivity index (χ2v) is 6.52. The summed E-state index contributed by atoms with van der Waals surface area (Å²) in [6, 6.07) is 8.51. The first-order chi connectivity index (χ1) is 10.0. The van der Waals surface area contributed by atoms with Gasteiger partial charge in [0.25, 0.3) is 0 Å². The van der Waals surface area contributed by atoms with Gasteiger partial charge in [0.05, 0.1) is 0 Å². The molecule has 0 atom stereocenters. The fourth-order valence-corrected chi connectivity index (χ4v) is 3.01. The molecule has 0 saturated carbocycles. The van der Waals surface area contributed by atoms with Gasteiger partial charge in [-0.3, -0.25) is 4.79 Å². The number of hydrogen-bond donors (Lipinski definition) is 1. The van der Waals surface area contributed by atoms with Crippen LogP contribution in [0.3, 0.4) is 0 Å². The molecule has 3 nitrogen and oxygen atoms in total. The zero-order chi connectivity index (χ0) is 15.3. The Kier molecular flexibility index (Phi) is 5.40. The monoisotopic (exact) mass is 288 g/mol. The number of carbonyl (C=O) groups excluding carboxylic acids is 1. The van der Waals surface area contributed by atoms with Crippen LogP contribution in [0.2, 0.25) is 0 Å². The Morgan fingerprint density at radius 3 is 2.43 bits per heavy atom. The van der Waals surface area contributed by atoms with Crippen molar-refractivity contribution in [3.8, 4) is 0 Å². The number of amides is 1. The zero-order valence-electron chi connectivity index (χ0n) is 13.6. The Bertz CT molecular complexity index is 461. The average molecular weight is 288 g/mol. The molecule has 1 aliphatic heterocycles. The van der Waals surface area contributed by atoms with Crippen LogP contribution in [0.25, 0.3) is 0 Å². The summed E-state index contributed by atoms with van der Waals surface area (Å²) in [6.45, 7) is 9.84. The van der Waals surface area contributed by atoms with Crippen LogP contribution in [0, 0.1) is 12.3 Å². The van der Waals surface area contributed by atoms with Crippen molar-refractivity contribution < 1.29 is 4.79 Å². The van der Waals surface area contributed by atoms with E-state index in [0.29, 0.717) is 5.91 Å². The van der Waals surface area contributed by atoms with E-state index in [9.17, 15) is 4.79 Å². The van der Waals surface area contributed by atoms with Crippen LogP contribution >= 0.6 is 0 Å². The lowest BCUT2D eigenvalue weighted by atomic mass is 9.79. The van der Waals surface area contributed by atoms with Crippen molar-refractivity contribution in [1.82, 2.24) is 10.2 Å². The highest BCUT2D eigenvalue weighted by atomic mass is 16.2. The molecule has 1 saturated heterocycles. The molecule has 2 rings (SSSR count). The largest absolute Gasteiger partial charge is 0.338 e. The van der Waals surface area contributed by atoms with Crippen LogP contribution in [-0.2, 0) is 11.3 Å². The smallest absolute Gasteiger partial charge is 0.228 e. The molecule has 1 amide bonds. The second kappa shape index (κ2) is 7.08. The molecule has 0 bridgehead atoms. The molecule has 1 heterocycles. The van der Waals surface area contributed by atoms with Gasteiger partial charge in [0.2, 0.25) is 5.91 Å². The minimum atomic E-state index is -0.189. The molecule has 3 heteroatoms. The van der Waals surface area contributed by atoms with Crippen molar-refractivity contribution in [3.05, 3.63) is 35.4 Å². The molecule has 0 unspecified atom stereocenters. The van der Waals surface area contributed by atoms with Crippen molar-refractivity contribution in [1.29, 1.82) is 0 Å². The van der Waals surface area contributed by atoms with Crippen LogP contribution in [0.15, 0.2) is 24.3 Å². The van der Waals surface area contributed by atoms with Gasteiger partial charge < -0.3 is 10.2 Å². The summed E-state index contributed by atoms with van der Waals surface area (Å²) in [4.78, 5) is 15.0. The van der Waals surface area contributed by atoms with E-state index in [4.69, 9.17) is 0 Å². The first-order valence-corrected chi connectivity index (χ1v) is 8.11. The average Bonchev–Trinajstić information content (AvgIpc) is 2.49.